The van der Waals surface area contributed by atoms with Gasteiger partial charge in [0.1, 0.15) is 0 Å². The number of anilines is 4. The van der Waals surface area contributed by atoms with Gasteiger partial charge in [0.15, 0.2) is 0 Å². The predicted octanol–water partition coefficient (Wildman–Crippen LogP) is 12.2. The molecular formula is C95H132N14O14S. The number of rotatable bonds is 48. The van der Waals surface area contributed by atoms with Gasteiger partial charge in [0, 0.05) is 161 Å². The van der Waals surface area contributed by atoms with Gasteiger partial charge in [-0.25, -0.2) is 13.1 Å². The van der Waals surface area contributed by atoms with Gasteiger partial charge in [0.05, 0.1) is 120 Å². The Morgan fingerprint density at radius 3 is 1.19 bits per heavy atom. The lowest BCUT2D eigenvalue weighted by Gasteiger charge is -2.26. The summed E-state index contributed by atoms with van der Waals surface area (Å²) in [6.07, 6.45) is 10.1. The smallest absolute Gasteiger partial charge is 0.255 e. The van der Waals surface area contributed by atoms with Gasteiger partial charge in [-0.2, -0.15) is 0 Å². The molecule has 0 saturated heterocycles. The van der Waals surface area contributed by atoms with Crippen molar-refractivity contribution in [3.05, 3.63) is 226 Å². The average molecular weight is 1730 g/mol. The highest BCUT2D eigenvalue weighted by Crippen LogP contribution is 2.37. The number of aryl methyl sites for hydroxylation is 2. The summed E-state index contributed by atoms with van der Waals surface area (Å²) in [5.74, 6) is -1.50. The number of carbonyl (C=O) groups is 6. The van der Waals surface area contributed by atoms with Gasteiger partial charge < -0.3 is 84.8 Å². The van der Waals surface area contributed by atoms with Gasteiger partial charge in [-0.1, -0.05) is 75.5 Å². The molecule has 0 bridgehead atoms. The maximum Gasteiger partial charge on any atom is 0.255 e. The number of nitrogens with zero attached hydrogens (tertiary/aromatic N) is 8. The third kappa shape index (κ3) is 31.7. The summed E-state index contributed by atoms with van der Waals surface area (Å²) in [5.41, 5.74) is 18.2. The Balaban J connectivity index is 0.000000336. The topological polar surface area (TPSA) is 323 Å². The molecule has 0 saturated carbocycles. The Morgan fingerprint density at radius 2 is 0.790 bits per heavy atom. The SMILES string of the molecule is C.C.CCN(CC)c1ccc(NC(=O)c2cccc(C(=O)N(C)CCN(C)CCOCCOCCOCCN)c2)c(-c2cc(C(=O)N[C@H]3CCCc4ccccc43)ccn2)c1.CCN(CC)c1ccc(NC(=O)c2cccc(C(=O)N(C)CCN(C)CCOCCOCCOCCNS(C)(=O)=O)c2)c(-c2cc(C(=O)N[C@H]3CCCc4ccccc43)ccn2)c1. The molecule has 672 valence electrons. The van der Waals surface area contributed by atoms with Crippen LogP contribution in [0.25, 0.3) is 22.5 Å². The number of sulfonamides is 1. The zero-order valence-corrected chi connectivity index (χ0v) is 73.1. The van der Waals surface area contributed by atoms with E-state index < -0.39 is 10.0 Å². The van der Waals surface area contributed by atoms with E-state index in [1.165, 1.54) is 16.7 Å². The van der Waals surface area contributed by atoms with E-state index in [-0.39, 0.29) is 75.5 Å². The fourth-order valence-corrected chi connectivity index (χ4v) is 14.9. The minimum Gasteiger partial charge on any atom is -0.378 e. The first kappa shape index (κ1) is 101. The van der Waals surface area contributed by atoms with Gasteiger partial charge >= 0.3 is 0 Å². The van der Waals surface area contributed by atoms with Gasteiger partial charge in [0.25, 0.3) is 35.4 Å². The number of carbonyl (C=O) groups excluding carboxylic acids is 6. The van der Waals surface area contributed by atoms with Crippen molar-refractivity contribution >= 4 is 68.2 Å². The molecule has 8 aromatic rings. The molecular weight excluding hydrogens is 1590 g/mol. The summed E-state index contributed by atoms with van der Waals surface area (Å²) in [4.78, 5) is 103. The Bertz CT molecular complexity index is 4800. The van der Waals surface area contributed by atoms with Crippen LogP contribution in [0.15, 0.2) is 170 Å². The standard InChI is InChI=1S/C47H63N7O8S.C46H61N7O6.2CH4/c1-6-54(7-2)39-18-19-43(41(34-39)44-33-37(20-21-48-44)46(56)50-42-17-11-13-35-12-8-9-16-40(35)42)51-45(55)36-14-10-15-38(32-36)47(57)53(4)24-23-52(3)25-27-61-29-31-62-30-28-60-26-22-49-63(5,58)59;1-5-53(6-2)38-17-18-42(40(33-38)43-32-36(19-21-48-43)45(55)49-41-16-10-12-34-11-7-8-15-39(34)41)50-44(54)35-13-9-14-37(31-35)46(56)52(4)23-22-51(3)24-26-58-28-30-59-29-27-57-25-20-47;;/h8-10,12,14-16,18-21,32-34,42,49H,6-7,11,13,17,22-31H2,1-5H3,(H,50,56)(H,51,55);7-9,11,13-15,17-19,21,31-33,41H,5-6,10,12,16,20,22-30,47H2,1-4H3,(H,49,55)(H,50,54);2*1H4/t42-;41-;;/m00../s1. The first-order chi connectivity index (χ1) is 59.1. The Morgan fingerprint density at radius 1 is 0.419 bits per heavy atom. The molecule has 2 aliphatic rings. The van der Waals surface area contributed by atoms with Crippen LogP contribution in [0.1, 0.15) is 165 Å². The zero-order chi connectivity index (χ0) is 87.2. The summed E-state index contributed by atoms with van der Waals surface area (Å²) in [6, 6.07) is 48.5. The number of aromatic nitrogens is 2. The molecule has 0 fully saturated rings. The Labute approximate surface area is 734 Å². The highest BCUT2D eigenvalue weighted by Gasteiger charge is 2.27. The van der Waals surface area contributed by atoms with Crippen LogP contribution in [0.2, 0.25) is 0 Å². The number of hydrogen-bond donors (Lipinski definition) is 6. The van der Waals surface area contributed by atoms with Gasteiger partial charge in [0.2, 0.25) is 10.0 Å². The second-order valence-electron chi connectivity index (χ2n) is 30.2. The lowest BCUT2D eigenvalue weighted by atomic mass is 9.87. The molecule has 124 heavy (non-hydrogen) atoms. The van der Waals surface area contributed by atoms with E-state index in [0.717, 1.165) is 87.9 Å². The van der Waals surface area contributed by atoms with Crippen molar-refractivity contribution < 1.29 is 65.6 Å². The number of amides is 6. The molecule has 0 aliphatic heterocycles. The highest BCUT2D eigenvalue weighted by atomic mass is 32.2. The molecule has 10 rings (SSSR count). The van der Waals surface area contributed by atoms with Crippen molar-refractivity contribution in [3.63, 3.8) is 0 Å². The molecule has 6 aromatic carbocycles. The summed E-state index contributed by atoms with van der Waals surface area (Å²) in [7, 11) is 4.22. The third-order valence-corrected chi connectivity index (χ3v) is 22.1. The molecule has 2 atom stereocenters. The van der Waals surface area contributed by atoms with Crippen LogP contribution in [-0.4, -0.2) is 266 Å². The molecule has 2 heterocycles. The maximum absolute atomic E-state index is 13.9. The number of nitrogens with one attached hydrogen (secondary N) is 5. The fraction of sp³-hybridized carbons (Fsp3) is 0.453. The molecule has 0 unspecified atom stereocenters. The van der Waals surface area contributed by atoms with Crippen LogP contribution in [-0.2, 0) is 51.3 Å². The highest BCUT2D eigenvalue weighted by molar-refractivity contribution is 7.88. The molecule has 0 radical (unpaired) electrons. The van der Waals surface area contributed by atoms with E-state index in [4.69, 9.17) is 34.2 Å². The quantitative estimate of drug-likeness (QED) is 0.0193. The van der Waals surface area contributed by atoms with E-state index in [9.17, 15) is 37.2 Å². The van der Waals surface area contributed by atoms with Crippen molar-refractivity contribution in [2.75, 3.05) is 213 Å². The minimum atomic E-state index is -3.22. The van der Waals surface area contributed by atoms with E-state index in [0.29, 0.717) is 186 Å². The number of nitrogens with two attached hydrogens (primary N) is 1. The van der Waals surface area contributed by atoms with Crippen LogP contribution >= 0.6 is 0 Å². The lowest BCUT2D eigenvalue weighted by Crippen LogP contribution is -2.36. The largest absolute Gasteiger partial charge is 0.378 e. The second-order valence-corrected chi connectivity index (χ2v) is 32.0. The molecule has 29 heteroatoms. The first-order valence-corrected chi connectivity index (χ1v) is 44.3. The van der Waals surface area contributed by atoms with Crippen LogP contribution in [0.3, 0.4) is 0 Å². The molecule has 7 N–H and O–H groups in total. The van der Waals surface area contributed by atoms with E-state index in [2.05, 4.69) is 108 Å². The monoisotopic (exact) mass is 1720 g/mol. The molecule has 0 spiro atoms. The van der Waals surface area contributed by atoms with Gasteiger partial charge in [-0.05, 0) is 200 Å². The first-order valence-electron chi connectivity index (χ1n) is 42.4. The van der Waals surface area contributed by atoms with E-state index in [1.807, 2.05) is 74.8 Å². The van der Waals surface area contributed by atoms with Crippen molar-refractivity contribution in [2.24, 2.45) is 5.73 Å². The predicted molar refractivity (Wildman–Crippen MR) is 494 cm³/mol. The fourth-order valence-electron chi connectivity index (χ4n) is 14.4. The van der Waals surface area contributed by atoms with E-state index >= 15 is 0 Å². The van der Waals surface area contributed by atoms with Crippen LogP contribution in [0.4, 0.5) is 22.7 Å². The van der Waals surface area contributed by atoms with Gasteiger partial charge in [-0.15, -0.1) is 0 Å². The summed E-state index contributed by atoms with van der Waals surface area (Å²) < 4.78 is 57.4. The molecule has 2 aliphatic carbocycles. The van der Waals surface area contributed by atoms with E-state index in [1.54, 1.807) is 109 Å². The van der Waals surface area contributed by atoms with Crippen molar-refractivity contribution in [2.45, 2.75) is 93.2 Å². The molecule has 28 nitrogen and oxygen atoms in total. The van der Waals surface area contributed by atoms with Crippen molar-refractivity contribution in [1.29, 1.82) is 0 Å². The number of pyridine rings is 2. The number of benzene rings is 6. The number of fused-ring (bicyclic) bond motifs is 2. The maximum atomic E-state index is 13.9. The van der Waals surface area contributed by atoms with Crippen molar-refractivity contribution in [1.82, 2.24) is 44.9 Å². The molecule has 6 amide bonds. The Hall–Kier alpha value is -10.4. The summed E-state index contributed by atoms with van der Waals surface area (Å²) >= 11 is 0. The zero-order valence-electron chi connectivity index (χ0n) is 72.3. The van der Waals surface area contributed by atoms with Crippen LogP contribution in [0, 0.1) is 0 Å². The van der Waals surface area contributed by atoms with Crippen LogP contribution in [0.5, 0.6) is 0 Å². The molecule has 2 aromatic heterocycles. The van der Waals surface area contributed by atoms with Crippen molar-refractivity contribution in [3.8, 4) is 22.5 Å². The average Bonchev–Trinajstić information content (AvgIpc) is 0.806. The normalized spacial score (nSPS) is 13.4. The minimum absolute atomic E-state index is 0. The third-order valence-electron chi connectivity index (χ3n) is 21.4. The second kappa shape index (κ2) is 53.0. The number of likely N-dealkylation sites (N-methyl/N-ethyl adjacent to an activating group) is 4. The van der Waals surface area contributed by atoms with Gasteiger partial charge in [-0.3, -0.25) is 38.7 Å². The summed E-state index contributed by atoms with van der Waals surface area (Å²) in [5, 5.41) is 12.6. The summed E-state index contributed by atoms with van der Waals surface area (Å²) in [6.45, 7) is 21.3. The number of ether oxygens (including phenoxy) is 6. The number of hydrogen-bond acceptors (Lipinski definition) is 21. The Kier molecular flexibility index (Phi) is 43.1. The van der Waals surface area contributed by atoms with Crippen LogP contribution < -0.4 is 41.5 Å². The lowest BCUT2D eigenvalue weighted by molar-refractivity contribution is 0.0124.